The van der Waals surface area contributed by atoms with Crippen LogP contribution in [0.5, 0.6) is 5.75 Å². The molecule has 0 radical (unpaired) electrons. The van der Waals surface area contributed by atoms with Crippen molar-refractivity contribution in [3.63, 3.8) is 0 Å². The summed E-state index contributed by atoms with van der Waals surface area (Å²) in [6, 6.07) is 15.4. The first-order chi connectivity index (χ1) is 15.3. The maximum atomic E-state index is 12.2. The number of carbonyl (C=O) groups is 1. The van der Waals surface area contributed by atoms with Crippen molar-refractivity contribution >= 4 is 5.91 Å². The topological polar surface area (TPSA) is 68.2 Å². The second-order valence-corrected chi connectivity index (χ2v) is 8.01. The Morgan fingerprint density at radius 3 is 2.38 bits per heavy atom. The third-order valence-electron chi connectivity index (χ3n) is 5.70. The van der Waals surface area contributed by atoms with E-state index in [0.717, 1.165) is 16.9 Å². The normalized spacial score (nSPS) is 23.1. The van der Waals surface area contributed by atoms with E-state index in [1.54, 1.807) is 26.1 Å². The predicted molar refractivity (Wildman–Crippen MR) is 131 cm³/mol. The molecule has 3 rings (SSSR count). The fourth-order valence-electron chi connectivity index (χ4n) is 3.95. The van der Waals surface area contributed by atoms with Crippen LogP contribution in [0.1, 0.15) is 40.9 Å². The molecule has 6 nitrogen and oxygen atoms in total. The summed E-state index contributed by atoms with van der Waals surface area (Å²) in [5.41, 5.74) is 2.63. The van der Waals surface area contributed by atoms with Gasteiger partial charge in [0, 0.05) is 35.5 Å². The van der Waals surface area contributed by atoms with E-state index < -0.39 is 0 Å². The van der Waals surface area contributed by atoms with E-state index in [1.165, 1.54) is 0 Å². The molecular weight excluding hydrogens is 406 g/mol. The van der Waals surface area contributed by atoms with Crippen LogP contribution in [-0.2, 0) is 9.47 Å². The summed E-state index contributed by atoms with van der Waals surface area (Å²) in [6.07, 6.45) is -0.865. The summed E-state index contributed by atoms with van der Waals surface area (Å²) in [7, 11) is 5.15. The molecule has 0 saturated carbocycles. The Hall–Kier alpha value is -2.41. The first-order valence-corrected chi connectivity index (χ1v) is 11.2. The van der Waals surface area contributed by atoms with Gasteiger partial charge < -0.3 is 24.2 Å². The van der Waals surface area contributed by atoms with Crippen LogP contribution in [0.4, 0.5) is 0 Å². The molecule has 1 heterocycles. The minimum absolute atomic E-state index is 0. The number of hydrogen-bond donors (Lipinski definition) is 1. The number of hydrogen-bond acceptors (Lipinski definition) is 5. The molecule has 1 aliphatic heterocycles. The number of amides is 1. The summed E-state index contributed by atoms with van der Waals surface area (Å²) in [4.78, 5) is 13.8. The highest BCUT2D eigenvalue weighted by molar-refractivity contribution is 5.95. The van der Waals surface area contributed by atoms with Crippen LogP contribution in [0.2, 0.25) is 0 Å². The highest BCUT2D eigenvalue weighted by Crippen LogP contribution is 2.32. The standard InChI is InChI=1S/C24H31NO5.C2H6.2H2/c1-15-21(14-26)30-23(22(15)28-5)16(2)29-20-11-9-17(10-12-20)18-7-6-8-19(13-18)24(27)25(3)4;1-2;;/h6-13,15-16,21-23,26H,14H2,1-5H3;1-2H3;2*1H. The number of carbonyl (C=O) groups excluding carboxylic acids is 1. The van der Waals surface area contributed by atoms with Crippen molar-refractivity contribution in [2.45, 2.75) is 52.1 Å². The predicted octanol–water partition coefficient (Wildman–Crippen LogP) is 4.75. The Kier molecular flexibility index (Phi) is 9.69. The highest BCUT2D eigenvalue weighted by Gasteiger charge is 2.45. The molecule has 2 aromatic rings. The number of benzene rings is 2. The van der Waals surface area contributed by atoms with E-state index >= 15 is 0 Å². The number of rotatable bonds is 7. The molecule has 32 heavy (non-hydrogen) atoms. The van der Waals surface area contributed by atoms with Crippen molar-refractivity contribution in [3.8, 4) is 16.9 Å². The van der Waals surface area contributed by atoms with Gasteiger partial charge in [0.1, 0.15) is 18.0 Å². The second-order valence-electron chi connectivity index (χ2n) is 8.01. The second kappa shape index (κ2) is 12.0. The molecule has 1 aliphatic rings. The van der Waals surface area contributed by atoms with E-state index in [-0.39, 0.29) is 45.7 Å². The lowest BCUT2D eigenvalue weighted by atomic mass is 9.96. The molecule has 1 amide bonds. The van der Waals surface area contributed by atoms with Crippen molar-refractivity contribution < 1.29 is 27.0 Å². The molecule has 1 fully saturated rings. The van der Waals surface area contributed by atoms with Crippen LogP contribution in [0.3, 0.4) is 0 Å². The van der Waals surface area contributed by atoms with Crippen molar-refractivity contribution in [2.24, 2.45) is 5.92 Å². The third-order valence-corrected chi connectivity index (χ3v) is 5.70. The summed E-state index contributed by atoms with van der Waals surface area (Å²) < 4.78 is 17.7. The van der Waals surface area contributed by atoms with Gasteiger partial charge in [-0.1, -0.05) is 45.0 Å². The SMILES string of the molecule is CC.COC1C(C)C(CO)OC1C(C)Oc1ccc(-c2cccc(C(=O)N(C)C)c2)cc1.[HH].[HH]. The third kappa shape index (κ3) is 5.88. The van der Waals surface area contributed by atoms with Crippen LogP contribution in [0.25, 0.3) is 11.1 Å². The molecule has 5 atom stereocenters. The molecule has 0 bridgehead atoms. The van der Waals surface area contributed by atoms with E-state index in [0.29, 0.717) is 5.56 Å². The zero-order chi connectivity index (χ0) is 23.8. The van der Waals surface area contributed by atoms with Crippen molar-refractivity contribution in [1.29, 1.82) is 0 Å². The Morgan fingerprint density at radius 2 is 1.81 bits per heavy atom. The van der Waals surface area contributed by atoms with Gasteiger partial charge in [-0.25, -0.2) is 0 Å². The number of methoxy groups -OCH3 is 1. The molecule has 180 valence electrons. The zero-order valence-corrected chi connectivity index (χ0v) is 20.2. The fourth-order valence-corrected chi connectivity index (χ4v) is 3.95. The molecule has 0 aromatic heterocycles. The number of ether oxygens (including phenoxy) is 3. The van der Waals surface area contributed by atoms with Gasteiger partial charge in [0.2, 0.25) is 0 Å². The maximum Gasteiger partial charge on any atom is 0.253 e. The van der Waals surface area contributed by atoms with E-state index in [9.17, 15) is 9.90 Å². The van der Waals surface area contributed by atoms with Gasteiger partial charge in [0.15, 0.2) is 0 Å². The minimum Gasteiger partial charge on any atom is -0.488 e. The van der Waals surface area contributed by atoms with Gasteiger partial charge in [-0.15, -0.1) is 0 Å². The highest BCUT2D eigenvalue weighted by atomic mass is 16.6. The van der Waals surface area contributed by atoms with Crippen molar-refractivity contribution in [1.82, 2.24) is 4.90 Å². The van der Waals surface area contributed by atoms with E-state index in [4.69, 9.17) is 14.2 Å². The van der Waals surface area contributed by atoms with Gasteiger partial charge in [-0.3, -0.25) is 4.79 Å². The molecule has 2 aromatic carbocycles. The summed E-state index contributed by atoms with van der Waals surface area (Å²) in [6.45, 7) is 7.94. The summed E-state index contributed by atoms with van der Waals surface area (Å²) in [5, 5.41) is 9.52. The number of aliphatic hydroxyl groups is 1. The molecule has 6 heteroatoms. The molecule has 1 saturated heterocycles. The van der Waals surface area contributed by atoms with Crippen LogP contribution < -0.4 is 4.74 Å². The maximum absolute atomic E-state index is 12.2. The lowest BCUT2D eigenvalue weighted by Gasteiger charge is -2.26. The Labute approximate surface area is 195 Å². The lowest BCUT2D eigenvalue weighted by Crippen LogP contribution is -2.39. The van der Waals surface area contributed by atoms with Crippen LogP contribution in [-0.4, -0.2) is 68.1 Å². The average Bonchev–Trinajstić information content (AvgIpc) is 3.15. The van der Waals surface area contributed by atoms with E-state index in [1.807, 2.05) is 76.2 Å². The van der Waals surface area contributed by atoms with Crippen molar-refractivity contribution in [2.75, 3.05) is 27.8 Å². The lowest BCUT2D eigenvalue weighted by molar-refractivity contribution is -0.0676. The Bertz CT molecular complexity index is 863. The molecule has 5 unspecified atom stereocenters. The smallest absolute Gasteiger partial charge is 0.253 e. The van der Waals surface area contributed by atoms with E-state index in [2.05, 4.69) is 0 Å². The molecule has 0 aliphatic carbocycles. The number of aliphatic hydroxyl groups excluding tert-OH is 1. The summed E-state index contributed by atoms with van der Waals surface area (Å²) >= 11 is 0. The quantitative estimate of drug-likeness (QED) is 0.663. The van der Waals surface area contributed by atoms with Crippen molar-refractivity contribution in [3.05, 3.63) is 54.1 Å². The van der Waals surface area contributed by atoms with Gasteiger partial charge >= 0.3 is 0 Å². The summed E-state index contributed by atoms with van der Waals surface area (Å²) in [5.74, 6) is 0.797. The van der Waals surface area contributed by atoms with Gasteiger partial charge in [-0.05, 0) is 42.3 Å². The van der Waals surface area contributed by atoms with Crippen LogP contribution in [0, 0.1) is 5.92 Å². The average molecular weight is 448 g/mol. The minimum atomic E-state index is -0.254. The zero-order valence-electron chi connectivity index (χ0n) is 20.2. The first kappa shape index (κ1) is 25.8. The van der Waals surface area contributed by atoms with Crippen LogP contribution >= 0.6 is 0 Å². The first-order valence-electron chi connectivity index (χ1n) is 11.2. The fraction of sp³-hybridized carbons (Fsp3) is 0.500. The molecule has 0 spiro atoms. The Balaban J connectivity index is 0.00000265. The molecule has 1 N–H and O–H groups in total. The van der Waals surface area contributed by atoms with Crippen LogP contribution in [0.15, 0.2) is 48.5 Å². The number of nitrogens with zero attached hydrogens (tertiary/aromatic N) is 1. The largest absolute Gasteiger partial charge is 0.488 e. The van der Waals surface area contributed by atoms with Gasteiger partial charge in [0.05, 0.1) is 18.8 Å². The van der Waals surface area contributed by atoms with Gasteiger partial charge in [-0.2, -0.15) is 0 Å². The monoisotopic (exact) mass is 447 g/mol. The van der Waals surface area contributed by atoms with Gasteiger partial charge in [0.25, 0.3) is 5.91 Å². The molecular formula is C26H41NO5. The Morgan fingerprint density at radius 1 is 1.16 bits per heavy atom.